The van der Waals surface area contributed by atoms with Gasteiger partial charge in [0.1, 0.15) is 5.69 Å². The van der Waals surface area contributed by atoms with E-state index in [1.165, 1.54) is 0 Å². The first-order valence-corrected chi connectivity index (χ1v) is 7.75. The quantitative estimate of drug-likeness (QED) is 0.726. The minimum Gasteiger partial charge on any atom is -0.338 e. The lowest BCUT2D eigenvalue weighted by atomic mass is 9.84. The number of hydrogen-bond donors (Lipinski definition) is 0. The zero-order valence-electron chi connectivity index (χ0n) is 12.2. The van der Waals surface area contributed by atoms with Gasteiger partial charge in [0.25, 0.3) is 0 Å². The number of aromatic nitrogens is 3. The molecule has 2 saturated heterocycles. The maximum atomic E-state index is 5.65. The number of fused-ring (bicyclic) bond motifs is 3. The van der Waals surface area contributed by atoms with Crippen LogP contribution in [0.2, 0.25) is 0 Å². The average molecular weight is 292 g/mol. The van der Waals surface area contributed by atoms with Gasteiger partial charge in [-0.1, -0.05) is 29.4 Å². The normalized spacial score (nSPS) is 26.8. The van der Waals surface area contributed by atoms with E-state index in [4.69, 9.17) is 9.51 Å². The lowest BCUT2D eigenvalue weighted by molar-refractivity contribution is 0.292. The second-order valence-corrected chi connectivity index (χ2v) is 6.36. The van der Waals surface area contributed by atoms with Crippen LogP contribution in [-0.2, 0) is 5.41 Å². The van der Waals surface area contributed by atoms with Crippen LogP contribution in [0.25, 0.3) is 22.3 Å². The van der Waals surface area contributed by atoms with Crippen LogP contribution < -0.4 is 0 Å². The summed E-state index contributed by atoms with van der Waals surface area (Å²) < 4.78 is 5.65. The van der Waals surface area contributed by atoms with Crippen molar-refractivity contribution in [1.29, 1.82) is 0 Å². The van der Waals surface area contributed by atoms with Crippen molar-refractivity contribution in [2.75, 3.05) is 19.6 Å². The van der Waals surface area contributed by atoms with Gasteiger partial charge in [-0.05, 0) is 37.4 Å². The molecule has 0 N–H and O–H groups in total. The summed E-state index contributed by atoms with van der Waals surface area (Å²) in [5.74, 6) is 1.39. The third-order valence-corrected chi connectivity index (χ3v) is 5.10. The van der Waals surface area contributed by atoms with Crippen LogP contribution in [-0.4, -0.2) is 39.7 Å². The average Bonchev–Trinajstić information content (AvgIpc) is 3.30. The van der Waals surface area contributed by atoms with Crippen LogP contribution in [0.5, 0.6) is 0 Å². The fourth-order valence-corrected chi connectivity index (χ4v) is 3.84. The van der Waals surface area contributed by atoms with Crippen LogP contribution >= 0.6 is 0 Å². The number of piperidine rings is 1. The molecular weight excluding hydrogens is 276 g/mol. The third-order valence-electron chi connectivity index (χ3n) is 5.10. The van der Waals surface area contributed by atoms with Crippen LogP contribution in [0.15, 0.2) is 41.1 Å². The van der Waals surface area contributed by atoms with Gasteiger partial charge in [0, 0.05) is 18.1 Å². The summed E-state index contributed by atoms with van der Waals surface area (Å²) in [6.07, 6.45) is 4.05. The molecule has 0 atom stereocenters. The smallest absolute Gasteiger partial charge is 0.234 e. The van der Waals surface area contributed by atoms with Crippen molar-refractivity contribution in [3.05, 3.63) is 42.4 Å². The summed E-state index contributed by atoms with van der Waals surface area (Å²) in [7, 11) is 0. The number of nitrogens with zero attached hydrogens (tertiary/aromatic N) is 4. The van der Waals surface area contributed by atoms with Gasteiger partial charge < -0.3 is 9.42 Å². The van der Waals surface area contributed by atoms with Crippen molar-refractivity contribution >= 4 is 10.8 Å². The molecule has 0 aliphatic carbocycles. The predicted octanol–water partition coefficient (Wildman–Crippen LogP) is 2.63. The monoisotopic (exact) mass is 292 g/mol. The Morgan fingerprint density at radius 1 is 1.09 bits per heavy atom. The topological polar surface area (TPSA) is 55.1 Å². The Hall–Kier alpha value is -2.27. The molecule has 1 aromatic carbocycles. The van der Waals surface area contributed by atoms with Crippen LogP contribution in [0.1, 0.15) is 18.7 Å². The van der Waals surface area contributed by atoms with Gasteiger partial charge in [-0.2, -0.15) is 4.98 Å². The molecule has 110 valence electrons. The van der Waals surface area contributed by atoms with Gasteiger partial charge in [-0.25, -0.2) is 0 Å². The standard InChI is InChI=1S/C17H16N4O/c1-2-4-13-12(3-1)5-8-18-14(13)15-19-16(22-20-15)17-6-9-21(11-17)10-7-17/h1-5,8H,6-7,9-11H2. The molecule has 2 aliphatic heterocycles. The Bertz CT molecular complexity index is 843. The molecule has 4 heterocycles. The fraction of sp³-hybridized carbons (Fsp3) is 0.353. The maximum absolute atomic E-state index is 5.65. The lowest BCUT2D eigenvalue weighted by Gasteiger charge is -2.19. The number of rotatable bonds is 2. The fourth-order valence-electron chi connectivity index (χ4n) is 3.84. The molecule has 2 aliphatic rings. The first kappa shape index (κ1) is 12.3. The molecule has 5 nitrogen and oxygen atoms in total. The molecule has 2 aromatic heterocycles. The van der Waals surface area contributed by atoms with Gasteiger partial charge in [-0.3, -0.25) is 4.98 Å². The summed E-state index contributed by atoms with van der Waals surface area (Å²) in [5, 5.41) is 6.43. The van der Waals surface area contributed by atoms with E-state index in [-0.39, 0.29) is 5.41 Å². The van der Waals surface area contributed by atoms with Crippen molar-refractivity contribution in [3.63, 3.8) is 0 Å². The van der Waals surface area contributed by atoms with Crippen molar-refractivity contribution < 1.29 is 4.52 Å². The highest BCUT2D eigenvalue weighted by molar-refractivity contribution is 5.92. The van der Waals surface area contributed by atoms with Gasteiger partial charge in [0.15, 0.2) is 0 Å². The number of pyridine rings is 1. The SMILES string of the molecule is c1ccc2c(-c3noc(C45CCN(CC4)C5)n3)nccc2c1. The Morgan fingerprint density at radius 2 is 1.95 bits per heavy atom. The molecule has 0 unspecified atom stereocenters. The van der Waals surface area contributed by atoms with Crippen LogP contribution in [0.4, 0.5) is 0 Å². The zero-order valence-corrected chi connectivity index (χ0v) is 12.2. The second kappa shape index (κ2) is 4.36. The number of hydrogen-bond acceptors (Lipinski definition) is 5. The Labute approximate surface area is 128 Å². The van der Waals surface area contributed by atoms with E-state index in [0.29, 0.717) is 5.82 Å². The van der Waals surface area contributed by atoms with E-state index < -0.39 is 0 Å². The molecule has 3 aromatic rings. The van der Waals surface area contributed by atoms with Crippen LogP contribution in [0, 0.1) is 0 Å². The largest absolute Gasteiger partial charge is 0.338 e. The predicted molar refractivity (Wildman–Crippen MR) is 82.4 cm³/mol. The van der Waals surface area contributed by atoms with Crippen LogP contribution in [0.3, 0.4) is 0 Å². The summed E-state index contributed by atoms with van der Waals surface area (Å²) in [6, 6.07) is 10.2. The highest BCUT2D eigenvalue weighted by atomic mass is 16.5. The molecule has 5 heteroatoms. The van der Waals surface area contributed by atoms with Crippen molar-refractivity contribution in [2.45, 2.75) is 18.3 Å². The molecule has 0 saturated carbocycles. The maximum Gasteiger partial charge on any atom is 0.234 e. The molecule has 5 rings (SSSR count). The van der Waals surface area contributed by atoms with E-state index in [1.807, 2.05) is 18.2 Å². The first-order valence-electron chi connectivity index (χ1n) is 7.75. The van der Waals surface area contributed by atoms with Gasteiger partial charge in [-0.15, -0.1) is 0 Å². The Morgan fingerprint density at radius 3 is 2.77 bits per heavy atom. The highest BCUT2D eigenvalue weighted by Crippen LogP contribution is 2.42. The zero-order chi connectivity index (χ0) is 14.6. The Kier molecular flexibility index (Phi) is 2.44. The molecule has 0 amide bonds. The van der Waals surface area contributed by atoms with E-state index in [1.54, 1.807) is 6.20 Å². The van der Waals surface area contributed by atoms with Crippen molar-refractivity contribution in [2.24, 2.45) is 0 Å². The summed E-state index contributed by atoms with van der Waals surface area (Å²) in [4.78, 5) is 11.7. The van der Waals surface area contributed by atoms with Gasteiger partial charge in [0.2, 0.25) is 11.7 Å². The van der Waals surface area contributed by atoms with E-state index in [2.05, 4.69) is 27.2 Å². The molecule has 22 heavy (non-hydrogen) atoms. The van der Waals surface area contributed by atoms with Gasteiger partial charge in [0.05, 0.1) is 5.41 Å². The summed E-state index contributed by atoms with van der Waals surface area (Å²) in [6.45, 7) is 3.34. The lowest BCUT2D eigenvalue weighted by Crippen LogP contribution is -2.24. The summed E-state index contributed by atoms with van der Waals surface area (Å²) in [5.41, 5.74) is 0.882. The third kappa shape index (κ3) is 1.66. The number of benzene rings is 1. The Balaban J connectivity index is 1.62. The van der Waals surface area contributed by atoms with E-state index in [0.717, 1.165) is 54.8 Å². The van der Waals surface area contributed by atoms with Crippen molar-refractivity contribution in [3.8, 4) is 11.5 Å². The molecular formula is C17H16N4O. The highest BCUT2D eigenvalue weighted by Gasteiger charge is 2.48. The molecule has 2 fully saturated rings. The molecule has 0 spiro atoms. The van der Waals surface area contributed by atoms with E-state index >= 15 is 0 Å². The minimum atomic E-state index is 0.0792. The minimum absolute atomic E-state index is 0.0792. The second-order valence-electron chi connectivity index (χ2n) is 6.36. The summed E-state index contributed by atoms with van der Waals surface area (Å²) >= 11 is 0. The first-order chi connectivity index (χ1) is 10.8. The van der Waals surface area contributed by atoms with Gasteiger partial charge >= 0.3 is 0 Å². The van der Waals surface area contributed by atoms with Crippen molar-refractivity contribution in [1.82, 2.24) is 20.0 Å². The van der Waals surface area contributed by atoms with E-state index in [9.17, 15) is 0 Å². The molecule has 0 radical (unpaired) electrons. The molecule has 2 bridgehead atoms.